The minimum absolute atomic E-state index is 0.373. The predicted molar refractivity (Wildman–Crippen MR) is 137 cm³/mol. The summed E-state index contributed by atoms with van der Waals surface area (Å²) in [4.78, 5) is 12.1. The molecule has 0 amide bonds. The second-order valence-electron chi connectivity index (χ2n) is 8.40. The van der Waals surface area contributed by atoms with Gasteiger partial charge in [0.05, 0.1) is 17.4 Å². The maximum atomic E-state index is 12.2. The maximum absolute atomic E-state index is 12.2. The Morgan fingerprint density at radius 2 is 1.74 bits per heavy atom. The van der Waals surface area contributed by atoms with Gasteiger partial charge in [-0.2, -0.15) is 0 Å². The molecule has 6 heteroatoms. The van der Waals surface area contributed by atoms with Crippen molar-refractivity contribution in [2.24, 2.45) is 0 Å². The number of hydrogen-bond acceptors (Lipinski definition) is 3. The molecule has 0 radical (unpaired) electrons. The molecule has 1 unspecified atom stereocenters. The first-order valence-electron chi connectivity index (χ1n) is 11.1. The van der Waals surface area contributed by atoms with E-state index in [1.807, 2.05) is 43.5 Å². The van der Waals surface area contributed by atoms with Crippen molar-refractivity contribution >= 4 is 34.1 Å². The summed E-state index contributed by atoms with van der Waals surface area (Å²) in [6, 6.07) is 23.4. The number of aromatic amines is 1. The zero-order valence-corrected chi connectivity index (χ0v) is 20.1. The van der Waals surface area contributed by atoms with Gasteiger partial charge in [-0.15, -0.1) is 0 Å². The van der Waals surface area contributed by atoms with Gasteiger partial charge in [0.25, 0.3) is 0 Å². The summed E-state index contributed by atoms with van der Waals surface area (Å²) in [5, 5.41) is 14.1. The first-order chi connectivity index (χ1) is 16.4. The molecule has 0 saturated carbocycles. The molecule has 4 nitrogen and oxygen atoms in total. The number of fused-ring (bicyclic) bond motifs is 1. The van der Waals surface area contributed by atoms with Crippen LogP contribution in [0.2, 0.25) is 10.0 Å². The minimum Gasteiger partial charge on any atom is -0.374 e. The van der Waals surface area contributed by atoms with Gasteiger partial charge < -0.3 is 10.1 Å². The highest BCUT2D eigenvalue weighted by Crippen LogP contribution is 2.41. The molecule has 2 N–H and O–H groups in total. The van der Waals surface area contributed by atoms with Gasteiger partial charge in [0.1, 0.15) is 5.82 Å². The highest BCUT2D eigenvalue weighted by atomic mass is 35.5. The molecule has 2 heterocycles. The molecular formula is C28H23Cl2N3O. The van der Waals surface area contributed by atoms with Gasteiger partial charge in [-0.3, -0.25) is 4.98 Å². The Morgan fingerprint density at radius 1 is 0.912 bits per heavy atom. The number of rotatable bonds is 6. The van der Waals surface area contributed by atoms with Gasteiger partial charge in [0, 0.05) is 27.2 Å². The standard InChI is InChI=1S/C28H23Cl2N3O/c1-18-32-17-27(33-18)28(34,24-11-10-22(29)16-25(24)30)21-9-12-26-23(15-21)20(13-14-31-26)8-7-19-5-3-2-4-6-19/h2-6,9-17,34H,7-8H2,1H3,(H,32,33). The third-order valence-electron chi connectivity index (χ3n) is 6.19. The Hall–Kier alpha value is -3.18. The lowest BCUT2D eigenvalue weighted by Crippen LogP contribution is -2.30. The summed E-state index contributed by atoms with van der Waals surface area (Å²) in [6.07, 6.45) is 5.25. The fraction of sp³-hybridized carbons (Fsp3) is 0.143. The molecular weight excluding hydrogens is 465 g/mol. The van der Waals surface area contributed by atoms with Crippen molar-refractivity contribution in [2.75, 3.05) is 0 Å². The van der Waals surface area contributed by atoms with E-state index in [1.165, 1.54) is 11.1 Å². The van der Waals surface area contributed by atoms with Crippen LogP contribution in [0.4, 0.5) is 0 Å². The third kappa shape index (κ3) is 4.21. The Morgan fingerprint density at radius 3 is 2.47 bits per heavy atom. The molecule has 5 aromatic rings. The predicted octanol–water partition coefficient (Wildman–Crippen LogP) is 6.64. The third-order valence-corrected chi connectivity index (χ3v) is 6.74. The van der Waals surface area contributed by atoms with Gasteiger partial charge in [0.15, 0.2) is 5.60 Å². The minimum atomic E-state index is -1.55. The van der Waals surface area contributed by atoms with Crippen molar-refractivity contribution in [1.29, 1.82) is 0 Å². The van der Waals surface area contributed by atoms with Gasteiger partial charge >= 0.3 is 0 Å². The van der Waals surface area contributed by atoms with Crippen molar-refractivity contribution in [3.05, 3.63) is 129 Å². The van der Waals surface area contributed by atoms with Crippen LogP contribution in [0.15, 0.2) is 85.2 Å². The lowest BCUT2D eigenvalue weighted by Gasteiger charge is -2.29. The average Bonchev–Trinajstić information content (AvgIpc) is 3.29. The molecule has 5 rings (SSSR count). The first-order valence-corrected chi connectivity index (χ1v) is 11.8. The molecule has 1 atom stereocenters. The van der Waals surface area contributed by atoms with Gasteiger partial charge in [-0.05, 0) is 66.8 Å². The van der Waals surface area contributed by atoms with E-state index in [1.54, 1.807) is 24.4 Å². The molecule has 0 spiro atoms. The molecule has 0 aliphatic rings. The smallest absolute Gasteiger partial charge is 0.158 e. The average molecular weight is 488 g/mol. The number of nitrogens with one attached hydrogen (secondary N) is 1. The van der Waals surface area contributed by atoms with Crippen LogP contribution in [0.3, 0.4) is 0 Å². The summed E-state index contributed by atoms with van der Waals surface area (Å²) < 4.78 is 0. The van der Waals surface area contributed by atoms with E-state index >= 15 is 0 Å². The fourth-order valence-corrected chi connectivity index (χ4v) is 4.96. The number of aliphatic hydroxyl groups is 1. The lowest BCUT2D eigenvalue weighted by molar-refractivity contribution is 0.121. The van der Waals surface area contributed by atoms with Crippen LogP contribution in [-0.4, -0.2) is 20.1 Å². The van der Waals surface area contributed by atoms with Gasteiger partial charge in [-0.1, -0.05) is 65.7 Å². The number of halogens is 2. The van der Waals surface area contributed by atoms with E-state index in [4.69, 9.17) is 23.2 Å². The monoisotopic (exact) mass is 487 g/mol. The summed E-state index contributed by atoms with van der Waals surface area (Å²) in [7, 11) is 0. The Kier molecular flexibility index (Phi) is 6.13. The zero-order chi connectivity index (χ0) is 23.7. The van der Waals surface area contributed by atoms with E-state index in [0.717, 1.165) is 23.7 Å². The van der Waals surface area contributed by atoms with E-state index in [9.17, 15) is 5.11 Å². The van der Waals surface area contributed by atoms with E-state index in [-0.39, 0.29) is 0 Å². The summed E-state index contributed by atoms with van der Waals surface area (Å²) >= 11 is 12.7. The largest absolute Gasteiger partial charge is 0.374 e. The summed E-state index contributed by atoms with van der Waals surface area (Å²) in [5.74, 6) is 0.699. The molecule has 34 heavy (non-hydrogen) atoms. The Balaban J connectivity index is 1.65. The van der Waals surface area contributed by atoms with Crippen LogP contribution >= 0.6 is 23.2 Å². The highest BCUT2D eigenvalue weighted by molar-refractivity contribution is 6.35. The summed E-state index contributed by atoms with van der Waals surface area (Å²) in [5.41, 5.74) is 3.49. The topological polar surface area (TPSA) is 61.8 Å². The fourth-order valence-electron chi connectivity index (χ4n) is 4.41. The van der Waals surface area contributed by atoms with E-state index in [2.05, 4.69) is 39.2 Å². The number of pyridine rings is 1. The van der Waals surface area contributed by atoms with Crippen molar-refractivity contribution in [1.82, 2.24) is 15.0 Å². The molecule has 2 aromatic heterocycles. The lowest BCUT2D eigenvalue weighted by atomic mass is 9.82. The van der Waals surface area contributed by atoms with Crippen LogP contribution < -0.4 is 0 Å². The second kappa shape index (κ2) is 9.22. The summed E-state index contributed by atoms with van der Waals surface area (Å²) in [6.45, 7) is 1.85. The Bertz CT molecular complexity index is 1470. The SMILES string of the molecule is Cc1ncc(C(O)(c2ccc3nccc(CCc4ccccc4)c3c2)c2ccc(Cl)cc2Cl)[nH]1. The molecule has 0 aliphatic heterocycles. The second-order valence-corrected chi connectivity index (χ2v) is 9.25. The number of hydrogen-bond donors (Lipinski definition) is 2. The molecule has 3 aromatic carbocycles. The number of imidazole rings is 1. The zero-order valence-electron chi connectivity index (χ0n) is 18.6. The normalized spacial score (nSPS) is 13.2. The van der Waals surface area contributed by atoms with Crippen LogP contribution in [0.1, 0.15) is 33.8 Å². The van der Waals surface area contributed by atoms with Crippen LogP contribution in [0, 0.1) is 6.92 Å². The Labute approximate surface area is 208 Å². The van der Waals surface area contributed by atoms with E-state index in [0.29, 0.717) is 32.7 Å². The number of aromatic nitrogens is 3. The van der Waals surface area contributed by atoms with Crippen molar-refractivity contribution in [3.8, 4) is 0 Å². The van der Waals surface area contributed by atoms with Crippen molar-refractivity contribution in [2.45, 2.75) is 25.4 Å². The number of H-pyrrole nitrogens is 1. The quantitative estimate of drug-likeness (QED) is 0.282. The van der Waals surface area contributed by atoms with Gasteiger partial charge in [0.2, 0.25) is 0 Å². The van der Waals surface area contributed by atoms with Crippen LogP contribution in [0.25, 0.3) is 10.9 Å². The van der Waals surface area contributed by atoms with Crippen molar-refractivity contribution < 1.29 is 5.11 Å². The number of benzene rings is 3. The number of aryl methyl sites for hydroxylation is 3. The molecule has 0 aliphatic carbocycles. The van der Waals surface area contributed by atoms with Crippen molar-refractivity contribution in [3.63, 3.8) is 0 Å². The molecule has 170 valence electrons. The van der Waals surface area contributed by atoms with Crippen LogP contribution in [0.5, 0.6) is 0 Å². The number of nitrogens with zero attached hydrogens (tertiary/aromatic N) is 2. The van der Waals surface area contributed by atoms with E-state index < -0.39 is 5.60 Å². The molecule has 0 bridgehead atoms. The first kappa shape index (κ1) is 22.6. The van der Waals surface area contributed by atoms with Crippen LogP contribution in [-0.2, 0) is 18.4 Å². The highest BCUT2D eigenvalue weighted by Gasteiger charge is 2.38. The van der Waals surface area contributed by atoms with Gasteiger partial charge in [-0.25, -0.2) is 4.98 Å². The maximum Gasteiger partial charge on any atom is 0.158 e. The molecule has 0 fully saturated rings. The molecule has 0 saturated heterocycles.